The highest BCUT2D eigenvalue weighted by Crippen LogP contribution is 2.24. The Bertz CT molecular complexity index is 1100. The molecule has 2 aromatic heterocycles. The number of carbonyl (C=O) groups is 2. The van der Waals surface area contributed by atoms with Crippen LogP contribution in [0, 0.1) is 11.3 Å². The van der Waals surface area contributed by atoms with Gasteiger partial charge in [-0.3, -0.25) is 9.59 Å². The van der Waals surface area contributed by atoms with E-state index < -0.39 is 0 Å². The molecule has 1 aliphatic rings. The van der Waals surface area contributed by atoms with Crippen molar-refractivity contribution >= 4 is 22.8 Å². The number of fused-ring (bicyclic) bond motifs is 1. The highest BCUT2D eigenvalue weighted by atomic mass is 16.5. The number of nitriles is 1. The normalized spacial score (nSPS) is 14.1. The summed E-state index contributed by atoms with van der Waals surface area (Å²) in [5, 5.41) is 13.7. The molecule has 1 aliphatic heterocycles. The Hall–Kier alpha value is -3.80. The molecule has 2 amide bonds. The zero-order valence-electron chi connectivity index (χ0n) is 15.8. The molecule has 29 heavy (non-hydrogen) atoms. The van der Waals surface area contributed by atoms with E-state index in [0.717, 1.165) is 5.39 Å². The van der Waals surface area contributed by atoms with Gasteiger partial charge in [-0.15, -0.1) is 0 Å². The Kier molecular flexibility index (Phi) is 4.91. The third-order valence-corrected chi connectivity index (χ3v) is 5.04. The standard InChI is InChI=1S/C20H19N5O4/c1-28-15-2-3-18-16(9-15)17(23-29-18)10-19(26)24-4-6-25(7-5-24)20(27)13-8-14(11-21)22-12-13/h2-3,8-9,12,22H,4-7,10H2,1H3. The van der Waals surface area contributed by atoms with Crippen molar-refractivity contribution in [2.24, 2.45) is 0 Å². The topological polar surface area (TPSA) is 115 Å². The number of amides is 2. The number of carbonyl (C=O) groups excluding carboxylic acids is 2. The fraction of sp³-hybridized carbons (Fsp3) is 0.300. The predicted octanol–water partition coefficient (Wildman–Crippen LogP) is 1.56. The van der Waals surface area contributed by atoms with E-state index in [2.05, 4.69) is 10.1 Å². The average molecular weight is 393 g/mol. The average Bonchev–Trinajstić information content (AvgIpc) is 3.40. The lowest BCUT2D eigenvalue weighted by Crippen LogP contribution is -2.51. The summed E-state index contributed by atoms with van der Waals surface area (Å²) in [6.45, 7) is 1.76. The van der Waals surface area contributed by atoms with Crippen LogP contribution >= 0.6 is 0 Å². The molecule has 0 bridgehead atoms. The minimum atomic E-state index is -0.149. The van der Waals surface area contributed by atoms with Crippen LogP contribution in [0.1, 0.15) is 21.7 Å². The molecule has 0 aliphatic carbocycles. The first-order chi connectivity index (χ1) is 14.1. The van der Waals surface area contributed by atoms with Crippen molar-refractivity contribution in [3.8, 4) is 11.8 Å². The van der Waals surface area contributed by atoms with Crippen molar-refractivity contribution in [3.05, 3.63) is 47.4 Å². The van der Waals surface area contributed by atoms with E-state index in [1.807, 2.05) is 6.07 Å². The first kappa shape index (κ1) is 18.6. The van der Waals surface area contributed by atoms with E-state index >= 15 is 0 Å². The van der Waals surface area contributed by atoms with Gasteiger partial charge in [-0.05, 0) is 24.3 Å². The van der Waals surface area contributed by atoms with Crippen LogP contribution < -0.4 is 4.74 Å². The summed E-state index contributed by atoms with van der Waals surface area (Å²) in [4.78, 5) is 31.4. The van der Waals surface area contributed by atoms with Gasteiger partial charge in [0.2, 0.25) is 5.91 Å². The third kappa shape index (κ3) is 3.65. The largest absolute Gasteiger partial charge is 0.497 e. The molecular formula is C20H19N5O4. The molecule has 3 aromatic rings. The number of aromatic amines is 1. The SMILES string of the molecule is COc1ccc2onc(CC(=O)N3CCN(C(=O)c4c[nH]c(C#N)c4)CC3)c2c1. The van der Waals surface area contributed by atoms with Crippen LogP contribution in [-0.2, 0) is 11.2 Å². The number of nitrogens with one attached hydrogen (secondary N) is 1. The number of ether oxygens (including phenoxy) is 1. The minimum absolute atomic E-state index is 0.0662. The fourth-order valence-corrected chi connectivity index (χ4v) is 3.40. The van der Waals surface area contributed by atoms with Crippen LogP contribution in [0.4, 0.5) is 0 Å². The van der Waals surface area contributed by atoms with Gasteiger partial charge in [-0.1, -0.05) is 5.16 Å². The van der Waals surface area contributed by atoms with Crippen LogP contribution in [0.2, 0.25) is 0 Å². The number of hydrogen-bond donors (Lipinski definition) is 1. The van der Waals surface area contributed by atoms with E-state index in [-0.39, 0.29) is 18.2 Å². The quantitative estimate of drug-likeness (QED) is 0.719. The molecule has 0 radical (unpaired) electrons. The maximum atomic E-state index is 12.7. The summed E-state index contributed by atoms with van der Waals surface area (Å²) < 4.78 is 10.5. The van der Waals surface area contributed by atoms with Crippen molar-refractivity contribution in [2.45, 2.75) is 6.42 Å². The second kappa shape index (κ2) is 7.67. The van der Waals surface area contributed by atoms with Crippen LogP contribution in [0.25, 0.3) is 11.0 Å². The molecule has 0 atom stereocenters. The maximum Gasteiger partial charge on any atom is 0.255 e. The van der Waals surface area contributed by atoms with E-state index in [0.29, 0.717) is 54.5 Å². The summed E-state index contributed by atoms with van der Waals surface area (Å²) in [6, 6.07) is 8.84. The molecule has 4 rings (SSSR count). The van der Waals surface area contributed by atoms with Gasteiger partial charge >= 0.3 is 0 Å². The molecule has 1 fully saturated rings. The zero-order valence-corrected chi connectivity index (χ0v) is 15.8. The summed E-state index contributed by atoms with van der Waals surface area (Å²) in [6.07, 6.45) is 1.65. The van der Waals surface area contributed by atoms with Crippen molar-refractivity contribution < 1.29 is 18.8 Å². The molecule has 0 saturated carbocycles. The van der Waals surface area contributed by atoms with Crippen LogP contribution in [-0.4, -0.2) is 65.0 Å². The zero-order chi connectivity index (χ0) is 20.4. The van der Waals surface area contributed by atoms with Gasteiger partial charge in [-0.25, -0.2) is 0 Å². The lowest BCUT2D eigenvalue weighted by molar-refractivity contribution is -0.132. The smallest absolute Gasteiger partial charge is 0.255 e. The van der Waals surface area contributed by atoms with Crippen molar-refractivity contribution in [3.63, 3.8) is 0 Å². The van der Waals surface area contributed by atoms with Gasteiger partial charge in [-0.2, -0.15) is 5.26 Å². The van der Waals surface area contributed by atoms with Crippen LogP contribution in [0.3, 0.4) is 0 Å². The first-order valence-electron chi connectivity index (χ1n) is 9.17. The molecule has 0 spiro atoms. The number of nitrogens with zero attached hydrogens (tertiary/aromatic N) is 4. The summed E-state index contributed by atoms with van der Waals surface area (Å²) >= 11 is 0. The minimum Gasteiger partial charge on any atom is -0.497 e. The number of methoxy groups -OCH3 is 1. The molecule has 9 heteroatoms. The number of aromatic nitrogens is 2. The Balaban J connectivity index is 1.38. The second-order valence-corrected chi connectivity index (χ2v) is 6.75. The third-order valence-electron chi connectivity index (χ3n) is 5.04. The predicted molar refractivity (Wildman–Crippen MR) is 102 cm³/mol. The highest BCUT2D eigenvalue weighted by molar-refractivity contribution is 5.94. The van der Waals surface area contributed by atoms with Gasteiger partial charge in [0.05, 0.1) is 19.1 Å². The van der Waals surface area contributed by atoms with Crippen molar-refractivity contribution in [2.75, 3.05) is 33.3 Å². The van der Waals surface area contributed by atoms with E-state index in [9.17, 15) is 9.59 Å². The Labute approximate surface area is 166 Å². The summed E-state index contributed by atoms with van der Waals surface area (Å²) in [5.41, 5.74) is 1.97. The first-order valence-corrected chi connectivity index (χ1v) is 9.17. The molecule has 0 unspecified atom stereocenters. The highest BCUT2D eigenvalue weighted by Gasteiger charge is 2.26. The van der Waals surface area contributed by atoms with Crippen molar-refractivity contribution in [1.29, 1.82) is 5.26 Å². The molecular weight excluding hydrogens is 374 g/mol. The Morgan fingerprint density at radius 3 is 2.69 bits per heavy atom. The van der Waals surface area contributed by atoms with Crippen molar-refractivity contribution in [1.82, 2.24) is 19.9 Å². The number of hydrogen-bond acceptors (Lipinski definition) is 6. The van der Waals surface area contributed by atoms with Gasteiger partial charge in [0.1, 0.15) is 23.2 Å². The van der Waals surface area contributed by atoms with Gasteiger partial charge < -0.3 is 24.0 Å². The van der Waals surface area contributed by atoms with E-state index in [1.54, 1.807) is 35.1 Å². The summed E-state index contributed by atoms with van der Waals surface area (Å²) in [5.74, 6) is 0.457. The number of benzene rings is 1. The van der Waals surface area contributed by atoms with Gasteiger partial charge in [0, 0.05) is 37.8 Å². The van der Waals surface area contributed by atoms with E-state index in [1.165, 1.54) is 12.3 Å². The number of rotatable bonds is 4. The molecule has 3 heterocycles. The van der Waals surface area contributed by atoms with E-state index in [4.69, 9.17) is 14.5 Å². The number of piperazine rings is 1. The monoisotopic (exact) mass is 393 g/mol. The number of H-pyrrole nitrogens is 1. The van der Waals surface area contributed by atoms with Crippen LogP contribution in [0.5, 0.6) is 5.75 Å². The summed E-state index contributed by atoms with van der Waals surface area (Å²) in [7, 11) is 1.58. The Morgan fingerprint density at radius 1 is 1.24 bits per heavy atom. The maximum absolute atomic E-state index is 12.7. The molecule has 9 nitrogen and oxygen atoms in total. The molecule has 1 saturated heterocycles. The van der Waals surface area contributed by atoms with Gasteiger partial charge in [0.15, 0.2) is 5.58 Å². The fourth-order valence-electron chi connectivity index (χ4n) is 3.40. The Morgan fingerprint density at radius 2 is 2.00 bits per heavy atom. The van der Waals surface area contributed by atoms with Gasteiger partial charge in [0.25, 0.3) is 5.91 Å². The molecule has 1 N–H and O–H groups in total. The molecule has 148 valence electrons. The van der Waals surface area contributed by atoms with Crippen LogP contribution in [0.15, 0.2) is 35.0 Å². The molecule has 1 aromatic carbocycles. The lowest BCUT2D eigenvalue weighted by Gasteiger charge is -2.34. The second-order valence-electron chi connectivity index (χ2n) is 6.75. The lowest BCUT2D eigenvalue weighted by atomic mass is 10.1.